The highest BCUT2D eigenvalue weighted by Gasteiger charge is 2.20. The summed E-state index contributed by atoms with van der Waals surface area (Å²) in [5, 5.41) is 4.38. The van der Waals surface area contributed by atoms with E-state index in [0.29, 0.717) is 5.95 Å². The molecule has 1 aromatic heterocycles. The fourth-order valence-corrected chi connectivity index (χ4v) is 4.02. The SMILES string of the molecule is CCCCOc1ccc(/C=N/Nc2nc(N3CCCCC3)nc(N3CCCCC3)n2)cc1. The van der Waals surface area contributed by atoms with Crippen LogP contribution in [0.1, 0.15) is 63.9 Å². The molecule has 0 atom stereocenters. The van der Waals surface area contributed by atoms with Crippen molar-refractivity contribution in [3.05, 3.63) is 29.8 Å². The molecule has 1 N–H and O–H groups in total. The zero-order valence-corrected chi connectivity index (χ0v) is 19.2. The van der Waals surface area contributed by atoms with E-state index in [0.717, 1.165) is 68.8 Å². The molecule has 4 rings (SSSR count). The third-order valence-electron chi connectivity index (χ3n) is 5.91. The van der Waals surface area contributed by atoms with Gasteiger partial charge in [-0.3, -0.25) is 0 Å². The van der Waals surface area contributed by atoms with Gasteiger partial charge in [0.1, 0.15) is 5.75 Å². The van der Waals surface area contributed by atoms with Crippen LogP contribution in [-0.2, 0) is 0 Å². The van der Waals surface area contributed by atoms with Crippen LogP contribution in [0.2, 0.25) is 0 Å². The second-order valence-electron chi connectivity index (χ2n) is 8.50. The lowest BCUT2D eigenvalue weighted by Gasteiger charge is -2.30. The van der Waals surface area contributed by atoms with Gasteiger partial charge in [-0.25, -0.2) is 5.43 Å². The van der Waals surface area contributed by atoms with Crippen molar-refractivity contribution < 1.29 is 4.74 Å². The van der Waals surface area contributed by atoms with Crippen molar-refractivity contribution >= 4 is 24.1 Å². The van der Waals surface area contributed by atoms with E-state index in [4.69, 9.17) is 9.72 Å². The van der Waals surface area contributed by atoms with Crippen LogP contribution in [0.25, 0.3) is 0 Å². The first-order valence-corrected chi connectivity index (χ1v) is 12.1. The number of benzene rings is 1. The summed E-state index contributed by atoms with van der Waals surface area (Å²) in [5.41, 5.74) is 4.02. The van der Waals surface area contributed by atoms with Crippen molar-refractivity contribution in [1.82, 2.24) is 15.0 Å². The number of hydrazone groups is 1. The Morgan fingerprint density at radius 2 is 1.47 bits per heavy atom. The lowest BCUT2D eigenvalue weighted by molar-refractivity contribution is 0.309. The van der Waals surface area contributed by atoms with E-state index in [1.54, 1.807) is 6.21 Å². The molecule has 0 unspecified atom stereocenters. The quantitative estimate of drug-likeness (QED) is 0.352. The van der Waals surface area contributed by atoms with Crippen LogP contribution < -0.4 is 20.0 Å². The lowest BCUT2D eigenvalue weighted by atomic mass is 10.1. The number of rotatable bonds is 9. The maximum Gasteiger partial charge on any atom is 0.250 e. The molecule has 1 aromatic carbocycles. The second kappa shape index (κ2) is 11.6. The van der Waals surface area contributed by atoms with Gasteiger partial charge in [-0.15, -0.1) is 0 Å². The molecule has 172 valence electrons. The maximum absolute atomic E-state index is 5.72. The number of hydrogen-bond donors (Lipinski definition) is 1. The van der Waals surface area contributed by atoms with Crippen LogP contribution in [-0.4, -0.2) is 54.0 Å². The van der Waals surface area contributed by atoms with Gasteiger partial charge in [-0.2, -0.15) is 20.1 Å². The van der Waals surface area contributed by atoms with E-state index < -0.39 is 0 Å². The van der Waals surface area contributed by atoms with Gasteiger partial charge in [0, 0.05) is 26.2 Å². The highest BCUT2D eigenvalue weighted by Crippen LogP contribution is 2.22. The molecule has 0 radical (unpaired) electrons. The fourth-order valence-electron chi connectivity index (χ4n) is 4.02. The topological polar surface area (TPSA) is 78.8 Å². The summed E-state index contributed by atoms with van der Waals surface area (Å²) in [6, 6.07) is 7.95. The summed E-state index contributed by atoms with van der Waals surface area (Å²) in [7, 11) is 0. The van der Waals surface area contributed by atoms with Gasteiger partial charge in [0.25, 0.3) is 0 Å². The van der Waals surface area contributed by atoms with Gasteiger partial charge in [-0.1, -0.05) is 13.3 Å². The molecular formula is C24H35N7O. The number of anilines is 3. The molecule has 3 heterocycles. The summed E-state index contributed by atoms with van der Waals surface area (Å²) >= 11 is 0. The predicted molar refractivity (Wildman–Crippen MR) is 130 cm³/mol. The fraction of sp³-hybridized carbons (Fsp3) is 0.583. The number of aromatic nitrogens is 3. The van der Waals surface area contributed by atoms with Crippen molar-refractivity contribution in [3.63, 3.8) is 0 Å². The zero-order valence-electron chi connectivity index (χ0n) is 19.2. The smallest absolute Gasteiger partial charge is 0.250 e. The molecule has 0 saturated carbocycles. The highest BCUT2D eigenvalue weighted by atomic mass is 16.5. The molecule has 2 aliphatic rings. The summed E-state index contributed by atoms with van der Waals surface area (Å²) in [5.74, 6) is 2.90. The van der Waals surface area contributed by atoms with E-state index >= 15 is 0 Å². The van der Waals surface area contributed by atoms with Crippen LogP contribution in [0.5, 0.6) is 5.75 Å². The van der Waals surface area contributed by atoms with E-state index in [-0.39, 0.29) is 0 Å². The van der Waals surface area contributed by atoms with Crippen molar-refractivity contribution in [1.29, 1.82) is 0 Å². The molecule has 0 amide bonds. The number of nitrogens with zero attached hydrogens (tertiary/aromatic N) is 6. The standard InChI is InChI=1S/C24H35N7O/c1-2-3-18-32-21-12-10-20(11-13-21)19-25-29-22-26-23(30-14-6-4-7-15-30)28-24(27-22)31-16-8-5-9-17-31/h10-13,19H,2-9,14-18H2,1H3,(H,26,27,28,29)/b25-19+. The molecule has 8 nitrogen and oxygen atoms in total. The molecule has 8 heteroatoms. The molecule has 0 aliphatic carbocycles. The normalized spacial score (nSPS) is 17.0. The Kier molecular flexibility index (Phi) is 8.11. The molecule has 0 bridgehead atoms. The van der Waals surface area contributed by atoms with Gasteiger partial charge >= 0.3 is 0 Å². The van der Waals surface area contributed by atoms with E-state index in [9.17, 15) is 0 Å². The molecular weight excluding hydrogens is 402 g/mol. The van der Waals surface area contributed by atoms with Crippen molar-refractivity contribution in [2.24, 2.45) is 5.10 Å². The van der Waals surface area contributed by atoms with Gasteiger partial charge in [0.15, 0.2) is 0 Å². The number of ether oxygens (including phenoxy) is 1. The monoisotopic (exact) mass is 437 g/mol. The Morgan fingerprint density at radius 1 is 0.875 bits per heavy atom. The van der Waals surface area contributed by atoms with Gasteiger partial charge in [0.2, 0.25) is 17.8 Å². The molecule has 2 saturated heterocycles. The molecule has 32 heavy (non-hydrogen) atoms. The average Bonchev–Trinajstić information content (AvgIpc) is 2.86. The molecule has 2 aliphatic heterocycles. The Balaban J connectivity index is 1.44. The Labute approximate surface area is 191 Å². The number of hydrogen-bond acceptors (Lipinski definition) is 8. The summed E-state index contributed by atoms with van der Waals surface area (Å²) in [6.45, 7) is 6.91. The lowest BCUT2D eigenvalue weighted by Crippen LogP contribution is -2.34. The molecule has 2 aromatic rings. The summed E-state index contributed by atoms with van der Waals surface area (Å²) in [6.07, 6.45) is 11.3. The first kappa shape index (κ1) is 22.3. The molecule has 2 fully saturated rings. The number of piperidine rings is 2. The minimum atomic E-state index is 0.497. The third kappa shape index (κ3) is 6.31. The van der Waals surface area contributed by atoms with Gasteiger partial charge in [-0.05, 0) is 74.8 Å². The van der Waals surface area contributed by atoms with Gasteiger partial charge in [0.05, 0.1) is 12.8 Å². The van der Waals surface area contributed by atoms with Crippen molar-refractivity contribution in [2.75, 3.05) is 48.0 Å². The maximum atomic E-state index is 5.72. The van der Waals surface area contributed by atoms with E-state index in [1.165, 1.54) is 38.5 Å². The van der Waals surface area contributed by atoms with Crippen molar-refractivity contribution in [2.45, 2.75) is 58.3 Å². The Bertz CT molecular complexity index is 823. The first-order chi connectivity index (χ1) is 15.8. The third-order valence-corrected chi connectivity index (χ3v) is 5.91. The van der Waals surface area contributed by atoms with E-state index in [1.807, 2.05) is 24.3 Å². The average molecular weight is 438 g/mol. The minimum absolute atomic E-state index is 0.497. The zero-order chi connectivity index (χ0) is 22.0. The first-order valence-electron chi connectivity index (χ1n) is 12.1. The number of nitrogens with one attached hydrogen (secondary N) is 1. The molecule has 0 spiro atoms. The second-order valence-corrected chi connectivity index (χ2v) is 8.50. The highest BCUT2D eigenvalue weighted by molar-refractivity contribution is 5.80. The van der Waals surface area contributed by atoms with Crippen LogP contribution in [0, 0.1) is 0 Å². The Morgan fingerprint density at radius 3 is 2.03 bits per heavy atom. The van der Waals surface area contributed by atoms with Crippen molar-refractivity contribution in [3.8, 4) is 5.75 Å². The van der Waals surface area contributed by atoms with Gasteiger partial charge < -0.3 is 14.5 Å². The summed E-state index contributed by atoms with van der Waals surface area (Å²) in [4.78, 5) is 18.7. The van der Waals surface area contributed by atoms with Crippen LogP contribution in [0.3, 0.4) is 0 Å². The minimum Gasteiger partial charge on any atom is -0.494 e. The summed E-state index contributed by atoms with van der Waals surface area (Å²) < 4.78 is 5.72. The van der Waals surface area contributed by atoms with Crippen LogP contribution >= 0.6 is 0 Å². The van der Waals surface area contributed by atoms with Crippen LogP contribution in [0.4, 0.5) is 17.8 Å². The van der Waals surface area contributed by atoms with Crippen LogP contribution in [0.15, 0.2) is 29.4 Å². The largest absolute Gasteiger partial charge is 0.494 e. The number of unbranched alkanes of at least 4 members (excludes halogenated alkanes) is 1. The predicted octanol–water partition coefficient (Wildman–Crippen LogP) is 4.48. The van der Waals surface area contributed by atoms with E-state index in [2.05, 4.69) is 37.2 Å². The Hall–Kier alpha value is -2.90.